The number of hydrogen-bond acceptors (Lipinski definition) is 7. The van der Waals surface area contributed by atoms with Crippen LogP contribution in [0.1, 0.15) is 75.8 Å². The Balaban J connectivity index is 0.00000117. The van der Waals surface area contributed by atoms with Gasteiger partial charge in [0.2, 0.25) is 0 Å². The summed E-state index contributed by atoms with van der Waals surface area (Å²) in [6.45, 7) is 14.5. The van der Waals surface area contributed by atoms with Gasteiger partial charge < -0.3 is 34.7 Å². The zero-order valence-corrected chi connectivity index (χ0v) is 31.0. The van der Waals surface area contributed by atoms with Crippen molar-refractivity contribution in [3.8, 4) is 5.75 Å². The van der Waals surface area contributed by atoms with Crippen molar-refractivity contribution in [2.75, 3.05) is 20.3 Å². The van der Waals surface area contributed by atoms with Crippen LogP contribution in [0.5, 0.6) is 5.75 Å². The minimum absolute atomic E-state index is 0.140. The van der Waals surface area contributed by atoms with Gasteiger partial charge in [-0.05, 0) is 65.3 Å². The first-order chi connectivity index (χ1) is 24.1. The van der Waals surface area contributed by atoms with Crippen molar-refractivity contribution in [2.45, 2.75) is 78.8 Å². The van der Waals surface area contributed by atoms with Gasteiger partial charge in [0.25, 0.3) is 0 Å². The molecule has 3 aromatic rings. The smallest absolute Gasteiger partial charge is 0.165 e. The molecule has 1 fully saturated rings. The highest BCUT2D eigenvalue weighted by Gasteiger charge is 2.31. The van der Waals surface area contributed by atoms with Crippen molar-refractivity contribution < 1.29 is 39.1 Å². The molecule has 0 saturated carbocycles. The minimum Gasteiger partial charge on any atom is -0.505 e. The summed E-state index contributed by atoms with van der Waals surface area (Å²) >= 11 is 6.40. The number of hydrogen-bond donors (Lipinski definition) is 4. The maximum atomic E-state index is 13.7. The van der Waals surface area contributed by atoms with E-state index >= 15 is 0 Å². The molecule has 0 aromatic heterocycles. The lowest BCUT2D eigenvalue weighted by Gasteiger charge is -2.33. The van der Waals surface area contributed by atoms with Crippen LogP contribution in [0.25, 0.3) is 0 Å². The number of ether oxygens (including phenoxy) is 2. The van der Waals surface area contributed by atoms with Crippen molar-refractivity contribution in [2.24, 2.45) is 5.92 Å². The molecule has 0 aliphatic carbocycles. The van der Waals surface area contributed by atoms with Crippen LogP contribution < -0.4 is 0 Å². The molecule has 3 atom stereocenters. The molecule has 276 valence electrons. The van der Waals surface area contributed by atoms with Gasteiger partial charge in [0.15, 0.2) is 11.6 Å². The number of aliphatic hydroxyl groups is 3. The van der Waals surface area contributed by atoms with Crippen LogP contribution in [0.2, 0.25) is 5.02 Å². The second kappa shape index (κ2) is 28.1. The van der Waals surface area contributed by atoms with E-state index in [0.29, 0.717) is 49.0 Å². The molecule has 3 aromatic carbocycles. The number of carbonyl (C=O) groups is 1. The summed E-state index contributed by atoms with van der Waals surface area (Å²) in [5, 5.41) is 33.7. The maximum Gasteiger partial charge on any atom is 0.165 e. The van der Waals surface area contributed by atoms with Crippen molar-refractivity contribution in [3.63, 3.8) is 0 Å². The number of aromatic hydroxyl groups is 1. The Morgan fingerprint density at radius 2 is 1.70 bits per heavy atom. The van der Waals surface area contributed by atoms with Gasteiger partial charge in [-0.1, -0.05) is 119 Å². The first-order valence-electron chi connectivity index (χ1n) is 16.8. The van der Waals surface area contributed by atoms with E-state index in [1.165, 1.54) is 12.1 Å². The maximum absolute atomic E-state index is 13.7. The normalized spacial score (nSPS) is 16.7. The molecule has 9 heteroatoms. The largest absolute Gasteiger partial charge is 0.505 e. The third-order valence-corrected chi connectivity index (χ3v) is 7.27. The van der Waals surface area contributed by atoms with Gasteiger partial charge >= 0.3 is 0 Å². The third-order valence-electron chi connectivity index (χ3n) is 6.90. The standard InChI is InChI=1S/C27H28ClFO4.C7H8O.C4H10O.C2H6.CH4O/c1-3-5-18(6-4-2)17-32-22-14-23(16-30)33-27(15-22)20-8-9-24(28)21(13-20)11-19-7-10-26(31)25(29)12-19;8-6-7-4-2-1-3-5-7;1-4(2)3-5;2*1-2/h3-10,12-13,16,22-23,27,31H,1,11,14-15,17H2,2H3;1-5,8H,6H2;4-5H,3H2,1-2H3;1-2H3;2H,1H3/b6-4-,18-5+;;;;. The first kappa shape index (κ1) is 46.4. The van der Waals surface area contributed by atoms with Crippen LogP contribution in [-0.4, -0.2) is 59.2 Å². The molecule has 1 heterocycles. The van der Waals surface area contributed by atoms with Gasteiger partial charge in [-0.2, -0.15) is 0 Å². The first-order valence-corrected chi connectivity index (χ1v) is 17.1. The van der Waals surface area contributed by atoms with Gasteiger partial charge in [0.1, 0.15) is 12.4 Å². The molecule has 1 saturated heterocycles. The molecule has 4 N–H and O–H groups in total. The van der Waals surface area contributed by atoms with E-state index in [1.54, 1.807) is 18.2 Å². The summed E-state index contributed by atoms with van der Waals surface area (Å²) < 4.78 is 25.9. The Labute approximate surface area is 303 Å². The van der Waals surface area contributed by atoms with Crippen LogP contribution in [-0.2, 0) is 27.3 Å². The molecule has 1 aliphatic rings. The molecular weight excluding hydrogens is 659 g/mol. The van der Waals surface area contributed by atoms with Crippen LogP contribution in [0.15, 0.2) is 103 Å². The zero-order chi connectivity index (χ0) is 37.9. The van der Waals surface area contributed by atoms with Gasteiger partial charge in [-0.15, -0.1) is 0 Å². The summed E-state index contributed by atoms with van der Waals surface area (Å²) in [6, 6.07) is 19.4. The van der Waals surface area contributed by atoms with Gasteiger partial charge in [0, 0.05) is 31.6 Å². The van der Waals surface area contributed by atoms with Crippen LogP contribution >= 0.6 is 11.6 Å². The van der Waals surface area contributed by atoms with Crippen molar-refractivity contribution in [1.82, 2.24) is 0 Å². The van der Waals surface area contributed by atoms with E-state index in [9.17, 15) is 14.3 Å². The highest BCUT2D eigenvalue weighted by molar-refractivity contribution is 6.31. The number of aliphatic hydroxyl groups excluding tert-OH is 3. The van der Waals surface area contributed by atoms with Crippen molar-refractivity contribution in [3.05, 3.63) is 136 Å². The lowest BCUT2D eigenvalue weighted by Crippen LogP contribution is -2.34. The van der Waals surface area contributed by atoms with E-state index in [2.05, 4.69) is 6.58 Å². The summed E-state index contributed by atoms with van der Waals surface area (Å²) in [5.41, 5.74) is 4.33. The molecule has 7 nitrogen and oxygen atoms in total. The lowest BCUT2D eigenvalue weighted by atomic mass is 9.94. The third kappa shape index (κ3) is 18.4. The van der Waals surface area contributed by atoms with Crippen molar-refractivity contribution >= 4 is 17.9 Å². The SMILES string of the molecule is C=C/C=C(\C=C/C)COC1CC(C=O)OC(c2ccc(Cl)c(Cc3ccc(O)c(F)c3)c2)C1.CC.CC(C)CO.CO.OCc1ccccc1. The van der Waals surface area contributed by atoms with E-state index < -0.39 is 11.9 Å². The average Bonchev–Trinajstić information content (AvgIpc) is 3.15. The fraction of sp³-hybridized carbons (Fsp3) is 0.390. The lowest BCUT2D eigenvalue weighted by molar-refractivity contribution is -0.140. The number of halogens is 2. The molecule has 3 unspecified atom stereocenters. The van der Waals surface area contributed by atoms with Gasteiger partial charge in [0.05, 0.1) is 25.4 Å². The van der Waals surface area contributed by atoms with Gasteiger partial charge in [-0.25, -0.2) is 4.39 Å². The van der Waals surface area contributed by atoms with Crippen LogP contribution in [0.4, 0.5) is 4.39 Å². The summed E-state index contributed by atoms with van der Waals surface area (Å²) in [5.74, 6) is -0.623. The Morgan fingerprint density at radius 3 is 2.22 bits per heavy atom. The molecule has 4 rings (SSSR count). The van der Waals surface area contributed by atoms with E-state index in [0.717, 1.165) is 35.7 Å². The number of phenols is 1. The van der Waals surface area contributed by atoms with E-state index in [1.807, 2.05) is 95.3 Å². The van der Waals surface area contributed by atoms with Crippen LogP contribution in [0.3, 0.4) is 0 Å². The Hall–Kier alpha value is -3.63. The Morgan fingerprint density at radius 1 is 1.04 bits per heavy atom. The van der Waals surface area contributed by atoms with Gasteiger partial charge in [-0.3, -0.25) is 0 Å². The average molecular weight is 715 g/mol. The molecule has 0 radical (unpaired) electrons. The molecule has 0 amide bonds. The fourth-order valence-electron chi connectivity index (χ4n) is 4.48. The number of benzene rings is 3. The molecular formula is C41H56ClFO7. The second-order valence-electron chi connectivity index (χ2n) is 11.2. The molecule has 0 spiro atoms. The highest BCUT2D eigenvalue weighted by Crippen LogP contribution is 2.35. The quantitative estimate of drug-likeness (QED) is 0.116. The number of rotatable bonds is 11. The predicted molar refractivity (Wildman–Crippen MR) is 202 cm³/mol. The van der Waals surface area contributed by atoms with Crippen LogP contribution in [0, 0.1) is 11.7 Å². The van der Waals surface area contributed by atoms with E-state index in [4.69, 9.17) is 36.4 Å². The topological polar surface area (TPSA) is 116 Å². The summed E-state index contributed by atoms with van der Waals surface area (Å²) in [7, 11) is 1.00. The fourth-order valence-corrected chi connectivity index (χ4v) is 4.66. The summed E-state index contributed by atoms with van der Waals surface area (Å²) in [6.07, 6.45) is 8.76. The Kier molecular flexibility index (Phi) is 26.1. The van der Waals surface area contributed by atoms with Crippen molar-refractivity contribution in [1.29, 1.82) is 0 Å². The molecule has 1 aliphatic heterocycles. The number of aldehydes is 1. The number of allylic oxidation sites excluding steroid dienone is 3. The highest BCUT2D eigenvalue weighted by atomic mass is 35.5. The monoisotopic (exact) mass is 714 g/mol. The predicted octanol–water partition coefficient (Wildman–Crippen LogP) is 8.72. The molecule has 50 heavy (non-hydrogen) atoms. The Bertz CT molecular complexity index is 1410. The number of phenolic OH excluding ortho intramolecular Hbond substituents is 1. The molecule has 0 bridgehead atoms. The number of carbonyl (C=O) groups excluding carboxylic acids is 1. The van der Waals surface area contributed by atoms with E-state index in [-0.39, 0.29) is 24.6 Å². The second-order valence-corrected chi connectivity index (χ2v) is 11.6. The minimum atomic E-state index is -0.674. The zero-order valence-electron chi connectivity index (χ0n) is 30.3. The summed E-state index contributed by atoms with van der Waals surface area (Å²) in [4.78, 5) is 11.6.